The van der Waals surface area contributed by atoms with Gasteiger partial charge in [-0.2, -0.15) is 0 Å². The van der Waals surface area contributed by atoms with Crippen LogP contribution >= 0.6 is 0 Å². The van der Waals surface area contributed by atoms with Gasteiger partial charge in [0.25, 0.3) is 0 Å². The van der Waals surface area contributed by atoms with E-state index in [1.54, 1.807) is 13.1 Å². The molecule has 2 heterocycles. The van der Waals surface area contributed by atoms with Crippen molar-refractivity contribution in [3.63, 3.8) is 0 Å². The van der Waals surface area contributed by atoms with Crippen molar-refractivity contribution in [2.45, 2.75) is 122 Å². The summed E-state index contributed by atoms with van der Waals surface area (Å²) in [6.07, 6.45) is 4.32. The largest absolute Gasteiger partial charge is 0.480 e. The maximum Gasteiger partial charge on any atom is 0.326 e. The van der Waals surface area contributed by atoms with Crippen LogP contribution in [-0.2, 0) is 35.2 Å². The second kappa shape index (κ2) is 23.6. The highest BCUT2D eigenvalue weighted by molar-refractivity contribution is 5.97. The highest BCUT2D eigenvalue weighted by Crippen LogP contribution is 2.23. The van der Waals surface area contributed by atoms with E-state index in [0.29, 0.717) is 25.7 Å². The molecule has 20 nitrogen and oxygen atoms in total. The number of aliphatic carboxylic acids is 1. The topological polar surface area (TPSA) is 345 Å². The summed E-state index contributed by atoms with van der Waals surface area (Å²) >= 11 is 0. The molecule has 7 atom stereocenters. The average molecular weight is 840 g/mol. The van der Waals surface area contributed by atoms with Crippen molar-refractivity contribution in [2.75, 3.05) is 19.6 Å². The minimum absolute atomic E-state index is 0.0255. The second-order valence-corrected chi connectivity index (χ2v) is 15.8. The molecular formula is C40H65N13O7. The first kappa shape index (κ1) is 48.4. The summed E-state index contributed by atoms with van der Waals surface area (Å²) in [7, 11) is 0. The predicted molar refractivity (Wildman–Crippen MR) is 229 cm³/mol. The van der Waals surface area contributed by atoms with Crippen molar-refractivity contribution in [3.8, 4) is 0 Å². The van der Waals surface area contributed by atoms with Crippen molar-refractivity contribution in [2.24, 2.45) is 50.5 Å². The molecule has 0 spiro atoms. The molecule has 1 aromatic heterocycles. The number of carbonyl (C=O) groups is 6. The first-order valence-corrected chi connectivity index (χ1v) is 20.6. The number of aromatic amines is 1. The molecule has 0 radical (unpaired) electrons. The Morgan fingerprint density at radius 1 is 0.850 bits per heavy atom. The number of nitrogens with two attached hydrogens (primary N) is 5. The van der Waals surface area contributed by atoms with Crippen molar-refractivity contribution < 1.29 is 33.9 Å². The van der Waals surface area contributed by atoms with Gasteiger partial charge in [0.15, 0.2) is 11.9 Å². The van der Waals surface area contributed by atoms with E-state index in [2.05, 4.69) is 36.2 Å². The zero-order valence-electron chi connectivity index (χ0n) is 35.1. The Hall–Kier alpha value is -5.92. The van der Waals surface area contributed by atoms with Gasteiger partial charge < -0.3 is 64.9 Å². The number of carboxylic acids is 1. The Labute approximate surface area is 350 Å². The molecule has 0 bridgehead atoms. The van der Waals surface area contributed by atoms with Crippen LogP contribution in [0.1, 0.15) is 84.6 Å². The minimum Gasteiger partial charge on any atom is -0.480 e. The van der Waals surface area contributed by atoms with E-state index in [1.165, 1.54) is 4.90 Å². The fraction of sp³-hybridized carbons (Fsp3) is 0.600. The van der Waals surface area contributed by atoms with Gasteiger partial charge in [0.05, 0.1) is 6.04 Å². The fourth-order valence-corrected chi connectivity index (χ4v) is 7.13. The van der Waals surface area contributed by atoms with E-state index in [0.717, 1.165) is 16.5 Å². The summed E-state index contributed by atoms with van der Waals surface area (Å²) < 4.78 is 0. The number of guanidine groups is 2. The molecule has 20 heteroatoms. The maximum absolute atomic E-state index is 14.3. The first-order valence-electron chi connectivity index (χ1n) is 20.6. The molecule has 0 saturated carbocycles. The number of aliphatic imine (C=N–C) groups is 2. The van der Waals surface area contributed by atoms with E-state index in [1.807, 2.05) is 45.0 Å². The number of amides is 5. The number of likely N-dealkylation sites (tertiary alicyclic amines) is 1. The Balaban J connectivity index is 1.89. The van der Waals surface area contributed by atoms with Crippen LogP contribution in [0.15, 0.2) is 40.4 Å². The molecule has 16 N–H and O–H groups in total. The van der Waals surface area contributed by atoms with Gasteiger partial charge in [-0.3, -0.25) is 34.0 Å². The SMILES string of the molecule is CC[C@H](C)[C@H](NC(=O)[C@@H](Cc1cccc2[nH]ccc12)NC(=O)[C@@H]1CCCN1C(=O)[C@H](CCCN=C(N)N)NC(=O)[C@@H](N)CCCN=C(N)N)C(=O)N[C@@H](CC(C)C)C(=O)O. The van der Waals surface area contributed by atoms with E-state index in [9.17, 15) is 33.9 Å². The Kier molecular flexibility index (Phi) is 19.1. The molecule has 1 fully saturated rings. The molecule has 2 aromatic rings. The van der Waals surface area contributed by atoms with Crippen molar-refractivity contribution in [1.82, 2.24) is 31.2 Å². The lowest BCUT2D eigenvalue weighted by molar-refractivity contribution is -0.143. The number of carboxylic acid groups (broad SMARTS) is 1. The summed E-state index contributed by atoms with van der Waals surface area (Å²) in [5.74, 6) is -4.84. The van der Waals surface area contributed by atoms with Crippen molar-refractivity contribution >= 4 is 58.3 Å². The number of carbonyl (C=O) groups excluding carboxylic acids is 5. The lowest BCUT2D eigenvalue weighted by atomic mass is 9.95. The molecule has 3 rings (SSSR count). The highest BCUT2D eigenvalue weighted by atomic mass is 16.4. The number of fused-ring (bicyclic) bond motifs is 1. The highest BCUT2D eigenvalue weighted by Gasteiger charge is 2.40. The number of H-pyrrole nitrogens is 1. The number of benzene rings is 1. The van der Waals surface area contributed by atoms with Crippen LogP contribution in [0, 0.1) is 11.8 Å². The average Bonchev–Trinajstić information content (AvgIpc) is 3.89. The van der Waals surface area contributed by atoms with Gasteiger partial charge in [-0.1, -0.05) is 46.2 Å². The molecule has 60 heavy (non-hydrogen) atoms. The lowest BCUT2D eigenvalue weighted by Gasteiger charge is -2.31. The quantitative estimate of drug-likeness (QED) is 0.0354. The summed E-state index contributed by atoms with van der Waals surface area (Å²) in [5.41, 5.74) is 29.4. The monoisotopic (exact) mass is 840 g/mol. The van der Waals surface area contributed by atoms with Gasteiger partial charge in [0, 0.05) is 43.2 Å². The zero-order chi connectivity index (χ0) is 44.5. The summed E-state index contributed by atoms with van der Waals surface area (Å²) in [6.45, 7) is 7.96. The fourth-order valence-electron chi connectivity index (χ4n) is 7.13. The molecular weight excluding hydrogens is 775 g/mol. The van der Waals surface area contributed by atoms with Gasteiger partial charge in [-0.15, -0.1) is 0 Å². The predicted octanol–water partition coefficient (Wildman–Crippen LogP) is -0.748. The van der Waals surface area contributed by atoms with Gasteiger partial charge in [0.1, 0.15) is 30.2 Å². The molecule has 0 aliphatic carbocycles. The zero-order valence-corrected chi connectivity index (χ0v) is 35.1. The minimum atomic E-state index is -1.21. The number of aromatic nitrogens is 1. The normalized spacial score (nSPS) is 16.8. The molecule has 1 aliphatic rings. The molecule has 1 saturated heterocycles. The van der Waals surface area contributed by atoms with Gasteiger partial charge in [0.2, 0.25) is 29.5 Å². The molecule has 1 aliphatic heterocycles. The van der Waals surface area contributed by atoms with Crippen LogP contribution in [0.25, 0.3) is 10.9 Å². The summed E-state index contributed by atoms with van der Waals surface area (Å²) in [4.78, 5) is 94.1. The number of hydrogen-bond acceptors (Lipinski definition) is 9. The van der Waals surface area contributed by atoms with Crippen LogP contribution in [0.5, 0.6) is 0 Å². The molecule has 332 valence electrons. The summed E-state index contributed by atoms with van der Waals surface area (Å²) in [6, 6.07) is 0.828. The molecule has 5 amide bonds. The van der Waals surface area contributed by atoms with Gasteiger partial charge >= 0.3 is 5.97 Å². The smallest absolute Gasteiger partial charge is 0.326 e. The summed E-state index contributed by atoms with van der Waals surface area (Å²) in [5, 5.41) is 21.7. The van der Waals surface area contributed by atoms with Crippen molar-refractivity contribution in [1.29, 1.82) is 0 Å². The molecule has 0 unspecified atom stereocenters. The molecule has 1 aromatic carbocycles. The maximum atomic E-state index is 14.3. The van der Waals surface area contributed by atoms with Crippen molar-refractivity contribution in [3.05, 3.63) is 36.0 Å². The third-order valence-corrected chi connectivity index (χ3v) is 10.6. The Bertz CT molecular complexity index is 1840. The lowest BCUT2D eigenvalue weighted by Crippen LogP contribution is -2.60. The van der Waals surface area contributed by atoms with Gasteiger partial charge in [-0.25, -0.2) is 4.79 Å². The standard InChI is InChI=1S/C40H65N13O7/c1-5-23(4)32(36(57)51-30(38(59)60)20-22(2)3)52-34(55)29(21-24-10-6-12-27-25(24)15-18-46-27)50-35(56)31-14-9-19-53(31)37(58)28(13-8-17-48-40(44)45)49-33(54)26(41)11-7-16-47-39(42)43/h6,10,12,15,18,22-23,26,28-32,46H,5,7-9,11,13-14,16-17,19-21,41H2,1-4H3,(H,49,54)(H,50,56)(H,51,57)(H,52,55)(H,59,60)(H4,42,43,47)(H4,44,45,48)/t23-,26-,28-,29+,30-,31-,32-/m0/s1. The second-order valence-electron chi connectivity index (χ2n) is 15.8. The Morgan fingerprint density at radius 3 is 2.12 bits per heavy atom. The van der Waals surface area contributed by atoms with E-state index in [4.69, 9.17) is 28.7 Å². The van der Waals surface area contributed by atoms with Crippen LogP contribution < -0.4 is 49.9 Å². The van der Waals surface area contributed by atoms with Crippen LogP contribution in [0.3, 0.4) is 0 Å². The number of nitrogens with zero attached hydrogens (tertiary/aromatic N) is 3. The van der Waals surface area contributed by atoms with Crippen LogP contribution in [0.4, 0.5) is 0 Å². The Morgan fingerprint density at radius 2 is 1.50 bits per heavy atom. The number of rotatable bonds is 24. The first-order chi connectivity index (χ1) is 28.4. The third kappa shape index (κ3) is 14.7. The van der Waals surface area contributed by atoms with Crippen LogP contribution in [-0.4, -0.2) is 118 Å². The van der Waals surface area contributed by atoms with Gasteiger partial charge in [-0.05, 0) is 74.5 Å². The third-order valence-electron chi connectivity index (χ3n) is 10.6. The number of hydrogen-bond donors (Lipinski definition) is 11. The van der Waals surface area contributed by atoms with E-state index in [-0.39, 0.29) is 69.6 Å². The van der Waals surface area contributed by atoms with E-state index >= 15 is 0 Å². The number of nitrogens with one attached hydrogen (secondary N) is 5. The van der Waals surface area contributed by atoms with Crippen LogP contribution in [0.2, 0.25) is 0 Å². The van der Waals surface area contributed by atoms with E-state index < -0.39 is 77.7 Å².